The van der Waals surface area contributed by atoms with E-state index in [9.17, 15) is 23.5 Å². The highest BCUT2D eigenvalue weighted by molar-refractivity contribution is 5.79. The summed E-state index contributed by atoms with van der Waals surface area (Å²) in [4.78, 5) is 29.8. The summed E-state index contributed by atoms with van der Waals surface area (Å²) < 4.78 is 27.8. The van der Waals surface area contributed by atoms with Gasteiger partial charge in [0.25, 0.3) is 0 Å². The van der Waals surface area contributed by atoms with Gasteiger partial charge in [0.2, 0.25) is 5.91 Å². The van der Waals surface area contributed by atoms with Crippen molar-refractivity contribution in [1.82, 2.24) is 9.80 Å². The van der Waals surface area contributed by atoms with Gasteiger partial charge in [-0.1, -0.05) is 63.9 Å². The largest absolute Gasteiger partial charge is 0.481 e. The highest BCUT2D eigenvalue weighted by atomic mass is 19.2. The van der Waals surface area contributed by atoms with Crippen LogP contribution >= 0.6 is 0 Å². The van der Waals surface area contributed by atoms with Gasteiger partial charge in [-0.3, -0.25) is 14.5 Å². The lowest BCUT2D eigenvalue weighted by Gasteiger charge is -2.30. The number of amides is 1. The molecular formula is C29H38F2N2O3. The predicted molar refractivity (Wildman–Crippen MR) is 137 cm³/mol. The van der Waals surface area contributed by atoms with Crippen molar-refractivity contribution in [3.63, 3.8) is 0 Å². The molecule has 1 N–H and O–H groups in total. The zero-order chi connectivity index (χ0) is 26.2. The third kappa shape index (κ3) is 6.49. The zero-order valence-corrected chi connectivity index (χ0v) is 21.6. The maximum Gasteiger partial charge on any atom is 0.309 e. The monoisotopic (exact) mass is 500 g/mol. The van der Waals surface area contributed by atoms with Crippen molar-refractivity contribution in [2.45, 2.75) is 64.8 Å². The molecule has 196 valence electrons. The molecule has 0 spiro atoms. The number of benzene rings is 2. The number of halogens is 2. The lowest BCUT2D eigenvalue weighted by Crippen LogP contribution is -2.42. The van der Waals surface area contributed by atoms with Gasteiger partial charge in [0.05, 0.1) is 12.5 Å². The van der Waals surface area contributed by atoms with Crippen LogP contribution in [0.15, 0.2) is 42.5 Å². The lowest BCUT2D eigenvalue weighted by molar-refractivity contribution is -0.144. The molecule has 0 aliphatic carbocycles. The Morgan fingerprint density at radius 3 is 2.08 bits per heavy atom. The summed E-state index contributed by atoms with van der Waals surface area (Å²) in [5.41, 5.74) is 2.38. The maximum absolute atomic E-state index is 14.1. The van der Waals surface area contributed by atoms with Crippen molar-refractivity contribution in [2.75, 3.05) is 26.2 Å². The number of aliphatic carboxylic acids is 1. The lowest BCUT2D eigenvalue weighted by atomic mass is 9.82. The Bertz CT molecular complexity index is 1020. The normalized spacial score (nSPS) is 20.0. The minimum absolute atomic E-state index is 0.0258. The second-order valence-corrected chi connectivity index (χ2v) is 9.70. The molecule has 3 rings (SSSR count). The number of carbonyl (C=O) groups excluding carboxylic acids is 1. The number of likely N-dealkylation sites (tertiary alicyclic amines) is 1. The van der Waals surface area contributed by atoms with E-state index in [1.807, 2.05) is 34.1 Å². The molecule has 1 aliphatic rings. The molecular weight excluding hydrogens is 462 g/mol. The minimum atomic E-state index is -1.02. The number of nitrogens with zero attached hydrogens (tertiary/aromatic N) is 2. The van der Waals surface area contributed by atoms with Crippen LogP contribution in [0.4, 0.5) is 8.78 Å². The SMILES string of the molecule is CCCCN(CCCC)C(=O)CN1CC(c2ccc(F)c(F)c2)[C@H](C(=O)O)[C@H]1c1ccc(CC)cc1. The Kier molecular flexibility index (Phi) is 9.99. The van der Waals surface area contributed by atoms with E-state index in [-0.39, 0.29) is 19.0 Å². The van der Waals surface area contributed by atoms with Crippen LogP contribution in [0.25, 0.3) is 0 Å². The van der Waals surface area contributed by atoms with E-state index < -0.39 is 35.5 Å². The first kappa shape index (κ1) is 27.8. The van der Waals surface area contributed by atoms with E-state index >= 15 is 0 Å². The Morgan fingerprint density at radius 1 is 0.944 bits per heavy atom. The molecule has 2 aromatic carbocycles. The molecule has 1 heterocycles. The average Bonchev–Trinajstić information content (AvgIpc) is 3.25. The highest BCUT2D eigenvalue weighted by Gasteiger charge is 2.48. The summed E-state index contributed by atoms with van der Waals surface area (Å²) in [6, 6.07) is 10.8. The van der Waals surface area contributed by atoms with Gasteiger partial charge in [-0.2, -0.15) is 0 Å². The molecule has 7 heteroatoms. The van der Waals surface area contributed by atoms with Crippen molar-refractivity contribution in [2.24, 2.45) is 5.92 Å². The number of unbranched alkanes of at least 4 members (excludes halogenated alkanes) is 2. The van der Waals surface area contributed by atoms with Gasteiger partial charge in [-0.05, 0) is 48.1 Å². The van der Waals surface area contributed by atoms with Crippen molar-refractivity contribution in [3.8, 4) is 0 Å². The van der Waals surface area contributed by atoms with Gasteiger partial charge < -0.3 is 10.0 Å². The average molecular weight is 501 g/mol. The van der Waals surface area contributed by atoms with Gasteiger partial charge in [0.15, 0.2) is 11.6 Å². The fourth-order valence-electron chi connectivity index (χ4n) is 5.15. The smallest absolute Gasteiger partial charge is 0.309 e. The van der Waals surface area contributed by atoms with Crippen molar-refractivity contribution >= 4 is 11.9 Å². The minimum Gasteiger partial charge on any atom is -0.481 e. The summed E-state index contributed by atoms with van der Waals surface area (Å²) >= 11 is 0. The first-order valence-corrected chi connectivity index (χ1v) is 13.1. The molecule has 36 heavy (non-hydrogen) atoms. The van der Waals surface area contributed by atoms with Crippen LogP contribution in [0.3, 0.4) is 0 Å². The van der Waals surface area contributed by atoms with Crippen molar-refractivity contribution in [3.05, 3.63) is 70.8 Å². The standard InChI is InChI=1S/C29H38F2N2O3/c1-4-7-15-32(16-8-5-2)26(34)19-33-18-23(22-13-14-24(30)25(31)17-22)27(29(35)36)28(33)21-11-9-20(6-3)10-12-21/h9-14,17,23,27-28H,4-8,15-16,18-19H2,1-3H3,(H,35,36)/t23?,27-,28+/m0/s1. The Hall–Kier alpha value is -2.80. The predicted octanol–water partition coefficient (Wildman–Crippen LogP) is 5.80. The molecule has 1 saturated heterocycles. The van der Waals surface area contributed by atoms with Crippen LogP contribution in [-0.2, 0) is 16.0 Å². The number of rotatable bonds is 12. The van der Waals surface area contributed by atoms with E-state index in [1.165, 1.54) is 6.07 Å². The molecule has 0 radical (unpaired) electrons. The summed E-state index contributed by atoms with van der Waals surface area (Å²) in [5, 5.41) is 10.3. The van der Waals surface area contributed by atoms with Crippen LogP contribution in [0.1, 0.15) is 75.1 Å². The fourth-order valence-corrected chi connectivity index (χ4v) is 5.15. The van der Waals surface area contributed by atoms with Gasteiger partial charge in [0.1, 0.15) is 0 Å². The number of hydrogen-bond acceptors (Lipinski definition) is 3. The molecule has 0 saturated carbocycles. The molecule has 0 aromatic heterocycles. The zero-order valence-electron chi connectivity index (χ0n) is 21.6. The molecule has 0 bridgehead atoms. The van der Waals surface area contributed by atoms with Gasteiger partial charge >= 0.3 is 5.97 Å². The van der Waals surface area contributed by atoms with Crippen molar-refractivity contribution in [1.29, 1.82) is 0 Å². The van der Waals surface area contributed by atoms with E-state index in [0.717, 1.165) is 55.4 Å². The number of carbonyl (C=O) groups is 2. The molecule has 1 amide bonds. The molecule has 1 fully saturated rings. The van der Waals surface area contributed by atoms with Crippen molar-refractivity contribution < 1.29 is 23.5 Å². The fraction of sp³-hybridized carbons (Fsp3) is 0.517. The first-order chi connectivity index (χ1) is 17.3. The molecule has 2 aromatic rings. The Labute approximate surface area is 213 Å². The molecule has 1 aliphatic heterocycles. The quantitative estimate of drug-likeness (QED) is 0.400. The third-order valence-corrected chi connectivity index (χ3v) is 7.24. The summed E-state index contributed by atoms with van der Waals surface area (Å²) in [5.74, 6) is -4.50. The molecule has 1 unspecified atom stereocenters. The molecule has 3 atom stereocenters. The van der Waals surface area contributed by atoms with Gasteiger partial charge in [-0.25, -0.2) is 8.78 Å². The van der Waals surface area contributed by atoms with Crippen LogP contribution in [-0.4, -0.2) is 53.0 Å². The van der Waals surface area contributed by atoms with E-state index in [0.29, 0.717) is 18.7 Å². The Balaban J connectivity index is 1.98. The summed E-state index contributed by atoms with van der Waals surface area (Å²) in [6.07, 6.45) is 4.63. The highest BCUT2D eigenvalue weighted by Crippen LogP contribution is 2.46. The number of carboxylic acid groups (broad SMARTS) is 1. The summed E-state index contributed by atoms with van der Waals surface area (Å²) in [6.45, 7) is 7.92. The van der Waals surface area contributed by atoms with Crippen LogP contribution < -0.4 is 0 Å². The summed E-state index contributed by atoms with van der Waals surface area (Å²) in [7, 11) is 0. The van der Waals surface area contributed by atoms with E-state index in [1.54, 1.807) is 0 Å². The number of carboxylic acids is 1. The Morgan fingerprint density at radius 2 is 1.56 bits per heavy atom. The second kappa shape index (κ2) is 12.9. The third-order valence-electron chi connectivity index (χ3n) is 7.24. The van der Waals surface area contributed by atoms with Crippen LogP contribution in [0.5, 0.6) is 0 Å². The maximum atomic E-state index is 14.1. The van der Waals surface area contributed by atoms with Crippen LogP contribution in [0, 0.1) is 17.6 Å². The van der Waals surface area contributed by atoms with Gasteiger partial charge in [0, 0.05) is 31.6 Å². The number of aryl methyl sites for hydroxylation is 1. The number of hydrogen-bond donors (Lipinski definition) is 1. The van der Waals surface area contributed by atoms with Crippen LogP contribution in [0.2, 0.25) is 0 Å². The van der Waals surface area contributed by atoms with Gasteiger partial charge in [-0.15, -0.1) is 0 Å². The molecule has 5 nitrogen and oxygen atoms in total. The second-order valence-electron chi connectivity index (χ2n) is 9.70. The first-order valence-electron chi connectivity index (χ1n) is 13.1. The topological polar surface area (TPSA) is 60.9 Å². The van der Waals surface area contributed by atoms with E-state index in [2.05, 4.69) is 20.8 Å². The van der Waals surface area contributed by atoms with E-state index in [4.69, 9.17) is 0 Å².